The summed E-state index contributed by atoms with van der Waals surface area (Å²) < 4.78 is 0. The zero-order chi connectivity index (χ0) is 11.4. The second kappa shape index (κ2) is 5.13. The van der Waals surface area contributed by atoms with Crippen molar-refractivity contribution < 1.29 is 4.79 Å². The van der Waals surface area contributed by atoms with Crippen LogP contribution in [-0.2, 0) is 0 Å². The topological polar surface area (TPSA) is 80.0 Å². The van der Waals surface area contributed by atoms with E-state index in [2.05, 4.69) is 28.2 Å². The van der Waals surface area contributed by atoms with Crippen LogP contribution in [0.1, 0.15) is 0 Å². The third-order valence-corrected chi connectivity index (χ3v) is 3.02. The molecule has 4 N–H and O–H groups in total. The zero-order valence-electron chi connectivity index (χ0n) is 8.37. The van der Waals surface area contributed by atoms with Crippen molar-refractivity contribution in [3.63, 3.8) is 0 Å². The number of anilines is 2. The van der Waals surface area contributed by atoms with Crippen molar-refractivity contribution in [3.8, 4) is 0 Å². The lowest BCUT2D eigenvalue weighted by Gasteiger charge is -2.10. The summed E-state index contributed by atoms with van der Waals surface area (Å²) in [5, 5.41) is 4.97. The van der Waals surface area contributed by atoms with Crippen molar-refractivity contribution in [1.29, 1.82) is 0 Å². The number of carbonyl (C=O) groups is 1. The van der Waals surface area contributed by atoms with Gasteiger partial charge in [0.15, 0.2) is 5.82 Å². The number of aromatic nitrogens is 1. The standard InChI is InChI=1S/C8H12N4OS2/c1-10-8(13)12-7-6(14)4(15-2)3-5(9)11-7/h3,14H,1-2H3,(H4,9,10,11,12,13). The smallest absolute Gasteiger partial charge is 0.320 e. The molecule has 5 nitrogen and oxygen atoms in total. The van der Waals surface area contributed by atoms with Gasteiger partial charge >= 0.3 is 6.03 Å². The monoisotopic (exact) mass is 244 g/mol. The van der Waals surface area contributed by atoms with Gasteiger partial charge in [0.1, 0.15) is 5.82 Å². The minimum atomic E-state index is -0.351. The van der Waals surface area contributed by atoms with Crippen molar-refractivity contribution in [2.45, 2.75) is 9.79 Å². The number of thiol groups is 1. The van der Waals surface area contributed by atoms with E-state index in [0.717, 1.165) is 4.90 Å². The van der Waals surface area contributed by atoms with Crippen LogP contribution in [0.2, 0.25) is 0 Å². The van der Waals surface area contributed by atoms with Crippen LogP contribution in [0.5, 0.6) is 0 Å². The minimum Gasteiger partial charge on any atom is -0.384 e. The fraction of sp³-hybridized carbons (Fsp3) is 0.250. The fourth-order valence-corrected chi connectivity index (χ4v) is 1.92. The summed E-state index contributed by atoms with van der Waals surface area (Å²) in [6.07, 6.45) is 1.90. The van der Waals surface area contributed by atoms with Gasteiger partial charge in [-0.05, 0) is 12.3 Å². The van der Waals surface area contributed by atoms with Gasteiger partial charge in [0.2, 0.25) is 0 Å². The van der Waals surface area contributed by atoms with Gasteiger partial charge in [-0.3, -0.25) is 5.32 Å². The molecule has 0 aliphatic rings. The second-order valence-corrected chi connectivity index (χ2v) is 3.95. The van der Waals surface area contributed by atoms with Crippen LogP contribution >= 0.6 is 24.4 Å². The molecule has 0 bridgehead atoms. The predicted octanol–water partition coefficient (Wildman–Crippen LogP) is 1.43. The van der Waals surface area contributed by atoms with Gasteiger partial charge in [0, 0.05) is 11.9 Å². The Hall–Kier alpha value is -1.08. The molecule has 0 spiro atoms. The van der Waals surface area contributed by atoms with Crippen LogP contribution in [-0.4, -0.2) is 24.3 Å². The van der Waals surface area contributed by atoms with Crippen molar-refractivity contribution >= 4 is 42.1 Å². The number of nitrogen functional groups attached to an aromatic ring is 1. The summed E-state index contributed by atoms with van der Waals surface area (Å²) in [6, 6.07) is 1.36. The Morgan fingerprint density at radius 1 is 1.67 bits per heavy atom. The molecule has 82 valence electrons. The van der Waals surface area contributed by atoms with E-state index < -0.39 is 0 Å². The van der Waals surface area contributed by atoms with Crippen LogP contribution in [0.25, 0.3) is 0 Å². The summed E-state index contributed by atoms with van der Waals surface area (Å²) >= 11 is 5.76. The molecule has 0 aliphatic carbocycles. The maximum atomic E-state index is 11.1. The number of hydrogen-bond acceptors (Lipinski definition) is 5. The van der Waals surface area contributed by atoms with E-state index in [1.54, 1.807) is 6.07 Å². The van der Waals surface area contributed by atoms with Crippen molar-refractivity contribution in [3.05, 3.63) is 6.07 Å². The first-order valence-electron chi connectivity index (χ1n) is 4.10. The minimum absolute atomic E-state index is 0.351. The molecule has 7 heteroatoms. The Morgan fingerprint density at radius 3 is 2.87 bits per heavy atom. The Balaban J connectivity index is 3.06. The average molecular weight is 244 g/mol. The lowest BCUT2D eigenvalue weighted by Crippen LogP contribution is -2.25. The number of pyridine rings is 1. The number of hydrogen-bond donors (Lipinski definition) is 4. The van der Waals surface area contributed by atoms with E-state index in [-0.39, 0.29) is 6.03 Å². The second-order valence-electron chi connectivity index (χ2n) is 2.65. The van der Waals surface area contributed by atoms with Crippen LogP contribution < -0.4 is 16.4 Å². The number of urea groups is 1. The molecule has 0 atom stereocenters. The van der Waals surface area contributed by atoms with Gasteiger partial charge in [-0.2, -0.15) is 0 Å². The highest BCUT2D eigenvalue weighted by atomic mass is 32.2. The van der Waals surface area contributed by atoms with Crippen molar-refractivity contribution in [2.24, 2.45) is 0 Å². The number of amides is 2. The van der Waals surface area contributed by atoms with E-state index in [1.165, 1.54) is 18.8 Å². The molecule has 0 fully saturated rings. The predicted molar refractivity (Wildman–Crippen MR) is 65.8 cm³/mol. The molecule has 15 heavy (non-hydrogen) atoms. The first-order chi connectivity index (χ1) is 7.08. The molecule has 1 heterocycles. The molecule has 0 radical (unpaired) electrons. The average Bonchev–Trinajstić information content (AvgIpc) is 2.22. The molecular weight excluding hydrogens is 232 g/mol. The number of nitrogens with one attached hydrogen (secondary N) is 2. The summed E-state index contributed by atoms with van der Waals surface area (Å²) in [7, 11) is 1.52. The molecule has 2 amide bonds. The normalized spacial score (nSPS) is 9.80. The number of nitrogens with zero attached hydrogens (tertiary/aromatic N) is 1. The molecule has 1 aromatic heterocycles. The van der Waals surface area contributed by atoms with E-state index in [1.807, 2.05) is 6.26 Å². The number of carbonyl (C=O) groups excluding carboxylic acids is 1. The summed E-state index contributed by atoms with van der Waals surface area (Å²) in [5.74, 6) is 0.714. The largest absolute Gasteiger partial charge is 0.384 e. The van der Waals surface area contributed by atoms with E-state index >= 15 is 0 Å². The van der Waals surface area contributed by atoms with E-state index in [0.29, 0.717) is 16.5 Å². The van der Waals surface area contributed by atoms with Gasteiger partial charge < -0.3 is 11.1 Å². The first-order valence-corrected chi connectivity index (χ1v) is 5.78. The number of rotatable bonds is 2. The highest BCUT2D eigenvalue weighted by Crippen LogP contribution is 2.30. The van der Waals surface area contributed by atoms with E-state index in [4.69, 9.17) is 5.73 Å². The quantitative estimate of drug-likeness (QED) is 0.468. The first kappa shape index (κ1) is 12.0. The van der Waals surface area contributed by atoms with Gasteiger partial charge in [-0.1, -0.05) is 0 Å². The van der Waals surface area contributed by atoms with Gasteiger partial charge in [0.05, 0.1) is 4.90 Å². The van der Waals surface area contributed by atoms with Crippen LogP contribution in [0, 0.1) is 0 Å². The Kier molecular flexibility index (Phi) is 4.10. The van der Waals surface area contributed by atoms with Crippen LogP contribution in [0.15, 0.2) is 15.9 Å². The molecule has 0 unspecified atom stereocenters. The Morgan fingerprint density at radius 2 is 2.33 bits per heavy atom. The maximum absolute atomic E-state index is 11.1. The van der Waals surface area contributed by atoms with E-state index in [9.17, 15) is 4.79 Å². The molecule has 0 saturated carbocycles. The van der Waals surface area contributed by atoms with Gasteiger partial charge in [-0.25, -0.2) is 9.78 Å². The number of thioether (sulfide) groups is 1. The third kappa shape index (κ3) is 2.93. The van der Waals surface area contributed by atoms with Crippen LogP contribution in [0.4, 0.5) is 16.4 Å². The molecular formula is C8H12N4OS2. The Labute approximate surface area is 97.6 Å². The van der Waals surface area contributed by atoms with Crippen molar-refractivity contribution in [2.75, 3.05) is 24.4 Å². The summed E-state index contributed by atoms with van der Waals surface area (Å²) in [6.45, 7) is 0. The molecule has 0 aliphatic heterocycles. The Bertz CT molecular complexity index is 383. The summed E-state index contributed by atoms with van der Waals surface area (Å²) in [5.41, 5.74) is 5.59. The van der Waals surface area contributed by atoms with Gasteiger partial charge in [-0.15, -0.1) is 24.4 Å². The molecule has 0 saturated heterocycles. The highest BCUT2D eigenvalue weighted by Gasteiger charge is 2.10. The molecule has 1 rings (SSSR count). The highest BCUT2D eigenvalue weighted by molar-refractivity contribution is 7.99. The third-order valence-electron chi connectivity index (χ3n) is 1.66. The zero-order valence-corrected chi connectivity index (χ0v) is 10.1. The lowest BCUT2D eigenvalue weighted by molar-refractivity contribution is 0.254. The van der Waals surface area contributed by atoms with Crippen LogP contribution in [0.3, 0.4) is 0 Å². The summed E-state index contributed by atoms with van der Waals surface area (Å²) in [4.78, 5) is 16.6. The lowest BCUT2D eigenvalue weighted by atomic mass is 10.4. The number of nitrogens with two attached hydrogens (primary N) is 1. The fourth-order valence-electron chi connectivity index (χ4n) is 0.946. The van der Waals surface area contributed by atoms with Crippen molar-refractivity contribution in [1.82, 2.24) is 10.3 Å². The SMILES string of the molecule is CNC(=O)Nc1nc(N)cc(SC)c1S. The molecule has 1 aromatic rings. The maximum Gasteiger partial charge on any atom is 0.320 e. The van der Waals surface area contributed by atoms with Gasteiger partial charge in [0.25, 0.3) is 0 Å². The molecule has 0 aromatic carbocycles.